The van der Waals surface area contributed by atoms with Crippen LogP contribution in [0.5, 0.6) is 0 Å². The van der Waals surface area contributed by atoms with Crippen molar-refractivity contribution in [2.45, 2.75) is 26.8 Å². The van der Waals surface area contributed by atoms with Gasteiger partial charge in [-0.05, 0) is 31.0 Å². The molecule has 0 unspecified atom stereocenters. The van der Waals surface area contributed by atoms with Crippen molar-refractivity contribution in [1.82, 2.24) is 10.5 Å². The molecule has 1 atom stereocenters. The Kier molecular flexibility index (Phi) is 5.54. The topological polar surface area (TPSA) is 84.2 Å². The molecule has 0 aliphatic heterocycles. The van der Waals surface area contributed by atoms with Gasteiger partial charge in [-0.3, -0.25) is 9.59 Å². The summed E-state index contributed by atoms with van der Waals surface area (Å²) in [7, 11) is 0. The highest BCUT2D eigenvalue weighted by Crippen LogP contribution is 2.14. The Balaban J connectivity index is 2.09. The van der Waals surface area contributed by atoms with Crippen LogP contribution in [0, 0.1) is 12.8 Å². The first kappa shape index (κ1) is 17.2. The lowest BCUT2D eigenvalue weighted by Crippen LogP contribution is -2.47. The van der Waals surface area contributed by atoms with E-state index in [1.807, 2.05) is 19.9 Å². The molecule has 23 heavy (non-hydrogen) atoms. The van der Waals surface area contributed by atoms with Gasteiger partial charge >= 0.3 is 0 Å². The Morgan fingerprint density at radius 3 is 2.57 bits per heavy atom. The number of aromatic nitrogens is 1. The third-order valence-corrected chi connectivity index (χ3v) is 3.70. The van der Waals surface area contributed by atoms with Crippen LogP contribution in [-0.2, 0) is 4.79 Å². The molecular formula is C16H18BrN3O3. The van der Waals surface area contributed by atoms with Gasteiger partial charge in [0, 0.05) is 16.1 Å². The van der Waals surface area contributed by atoms with Gasteiger partial charge < -0.3 is 15.2 Å². The van der Waals surface area contributed by atoms with Crippen molar-refractivity contribution in [2.75, 3.05) is 5.32 Å². The number of carbonyl (C=O) groups is 2. The van der Waals surface area contributed by atoms with Gasteiger partial charge in [-0.1, -0.05) is 41.0 Å². The monoisotopic (exact) mass is 379 g/mol. The molecule has 0 radical (unpaired) electrons. The van der Waals surface area contributed by atoms with Crippen molar-refractivity contribution in [3.63, 3.8) is 0 Å². The summed E-state index contributed by atoms with van der Waals surface area (Å²) < 4.78 is 5.71. The molecule has 1 aromatic heterocycles. The van der Waals surface area contributed by atoms with Crippen LogP contribution in [0.2, 0.25) is 0 Å². The van der Waals surface area contributed by atoms with E-state index in [0.29, 0.717) is 17.1 Å². The van der Waals surface area contributed by atoms with E-state index < -0.39 is 6.04 Å². The SMILES string of the molecule is Cc1cc(NC(=O)[C@@H](NC(=O)c2cccc(Br)c2)C(C)C)no1. The summed E-state index contributed by atoms with van der Waals surface area (Å²) >= 11 is 3.32. The number of amides is 2. The minimum Gasteiger partial charge on any atom is -0.360 e. The normalized spacial score (nSPS) is 12.0. The van der Waals surface area contributed by atoms with E-state index in [9.17, 15) is 9.59 Å². The van der Waals surface area contributed by atoms with E-state index in [0.717, 1.165) is 4.47 Å². The van der Waals surface area contributed by atoms with Crippen molar-refractivity contribution in [3.05, 3.63) is 46.1 Å². The Hall–Kier alpha value is -2.15. The molecule has 6 nitrogen and oxygen atoms in total. The lowest BCUT2D eigenvalue weighted by atomic mass is 10.0. The smallest absolute Gasteiger partial charge is 0.251 e. The van der Waals surface area contributed by atoms with Gasteiger partial charge in [-0.2, -0.15) is 0 Å². The van der Waals surface area contributed by atoms with Crippen LogP contribution in [0.25, 0.3) is 0 Å². The number of nitrogens with one attached hydrogen (secondary N) is 2. The summed E-state index contributed by atoms with van der Waals surface area (Å²) in [6.45, 7) is 5.45. The third kappa shape index (κ3) is 4.66. The molecule has 2 N–H and O–H groups in total. The molecule has 0 aliphatic rings. The Morgan fingerprint density at radius 1 is 1.26 bits per heavy atom. The minimum atomic E-state index is -0.682. The number of nitrogens with zero attached hydrogens (tertiary/aromatic N) is 1. The zero-order valence-corrected chi connectivity index (χ0v) is 14.7. The van der Waals surface area contributed by atoms with Gasteiger partial charge in [-0.15, -0.1) is 0 Å². The third-order valence-electron chi connectivity index (χ3n) is 3.20. The Bertz CT molecular complexity index is 712. The molecule has 7 heteroatoms. The maximum absolute atomic E-state index is 12.4. The fourth-order valence-corrected chi connectivity index (χ4v) is 2.42. The van der Waals surface area contributed by atoms with Crippen molar-refractivity contribution < 1.29 is 14.1 Å². The molecule has 2 aromatic rings. The Labute approximate surface area is 142 Å². The summed E-state index contributed by atoms with van der Waals surface area (Å²) in [5.74, 6) is 0.196. The first-order valence-electron chi connectivity index (χ1n) is 7.17. The summed E-state index contributed by atoms with van der Waals surface area (Å²) in [5.41, 5.74) is 0.482. The van der Waals surface area contributed by atoms with E-state index in [2.05, 4.69) is 31.7 Å². The quantitative estimate of drug-likeness (QED) is 0.835. The number of benzene rings is 1. The fourth-order valence-electron chi connectivity index (χ4n) is 2.02. The van der Waals surface area contributed by atoms with Crippen LogP contribution in [0.15, 0.2) is 39.3 Å². The highest BCUT2D eigenvalue weighted by atomic mass is 79.9. The molecule has 1 heterocycles. The molecule has 0 aliphatic carbocycles. The number of rotatable bonds is 5. The standard InChI is InChI=1S/C16H18BrN3O3/c1-9(2)14(16(22)18-13-7-10(3)23-20-13)19-15(21)11-5-4-6-12(17)8-11/h4-9,14H,1-3H3,(H,19,21)(H,18,20,22)/t14-/m0/s1. The van der Waals surface area contributed by atoms with E-state index in [1.54, 1.807) is 31.2 Å². The molecule has 2 rings (SSSR count). The second-order valence-electron chi connectivity index (χ2n) is 5.52. The van der Waals surface area contributed by atoms with Gasteiger partial charge in [0.15, 0.2) is 5.82 Å². The number of hydrogen-bond acceptors (Lipinski definition) is 4. The van der Waals surface area contributed by atoms with Gasteiger partial charge in [0.25, 0.3) is 5.91 Å². The van der Waals surface area contributed by atoms with E-state index >= 15 is 0 Å². The lowest BCUT2D eigenvalue weighted by Gasteiger charge is -2.21. The molecule has 0 saturated carbocycles. The molecule has 122 valence electrons. The predicted octanol–water partition coefficient (Wildman–Crippen LogP) is 3.14. The second-order valence-corrected chi connectivity index (χ2v) is 6.43. The first-order chi connectivity index (χ1) is 10.9. The zero-order chi connectivity index (χ0) is 17.0. The van der Waals surface area contributed by atoms with Gasteiger partial charge in [0.05, 0.1) is 0 Å². The number of hydrogen-bond donors (Lipinski definition) is 2. The molecular weight excluding hydrogens is 362 g/mol. The average Bonchev–Trinajstić information content (AvgIpc) is 2.89. The largest absolute Gasteiger partial charge is 0.360 e. The van der Waals surface area contributed by atoms with Crippen molar-refractivity contribution in [3.8, 4) is 0 Å². The van der Waals surface area contributed by atoms with E-state index in [-0.39, 0.29) is 17.7 Å². The van der Waals surface area contributed by atoms with Crippen LogP contribution in [0.3, 0.4) is 0 Å². The molecule has 0 fully saturated rings. The summed E-state index contributed by atoms with van der Waals surface area (Å²) in [5, 5.41) is 9.12. The number of carbonyl (C=O) groups excluding carboxylic acids is 2. The van der Waals surface area contributed by atoms with Gasteiger partial charge in [0.1, 0.15) is 11.8 Å². The molecule has 0 bridgehead atoms. The van der Waals surface area contributed by atoms with Crippen LogP contribution < -0.4 is 10.6 Å². The van der Waals surface area contributed by atoms with Crippen molar-refractivity contribution in [1.29, 1.82) is 0 Å². The van der Waals surface area contributed by atoms with Crippen molar-refractivity contribution in [2.24, 2.45) is 5.92 Å². The predicted molar refractivity (Wildman–Crippen MR) is 90.1 cm³/mol. The summed E-state index contributed by atoms with van der Waals surface area (Å²) in [6.07, 6.45) is 0. The molecule has 1 aromatic carbocycles. The van der Waals surface area contributed by atoms with E-state index in [4.69, 9.17) is 4.52 Å². The van der Waals surface area contributed by atoms with Gasteiger partial charge in [0.2, 0.25) is 5.91 Å². The summed E-state index contributed by atoms with van der Waals surface area (Å²) in [4.78, 5) is 24.7. The average molecular weight is 380 g/mol. The number of anilines is 1. The van der Waals surface area contributed by atoms with Gasteiger partial charge in [-0.25, -0.2) is 0 Å². The molecule has 0 saturated heterocycles. The maximum Gasteiger partial charge on any atom is 0.251 e. The van der Waals surface area contributed by atoms with Crippen LogP contribution in [-0.4, -0.2) is 23.0 Å². The summed E-state index contributed by atoms with van der Waals surface area (Å²) in [6, 6.07) is 7.92. The van der Waals surface area contributed by atoms with E-state index in [1.165, 1.54) is 0 Å². The second kappa shape index (κ2) is 7.41. The maximum atomic E-state index is 12.4. The first-order valence-corrected chi connectivity index (χ1v) is 7.96. The lowest BCUT2D eigenvalue weighted by molar-refractivity contribution is -0.118. The van der Waals surface area contributed by atoms with Crippen molar-refractivity contribution >= 4 is 33.6 Å². The fraction of sp³-hybridized carbons (Fsp3) is 0.312. The highest BCUT2D eigenvalue weighted by molar-refractivity contribution is 9.10. The zero-order valence-electron chi connectivity index (χ0n) is 13.1. The highest BCUT2D eigenvalue weighted by Gasteiger charge is 2.25. The number of halogens is 1. The van der Waals surface area contributed by atoms with Crippen LogP contribution in [0.4, 0.5) is 5.82 Å². The number of aryl methyl sites for hydroxylation is 1. The van der Waals surface area contributed by atoms with Crippen LogP contribution in [0.1, 0.15) is 30.0 Å². The molecule has 2 amide bonds. The minimum absolute atomic E-state index is 0.0842. The molecule has 0 spiro atoms. The van der Waals surface area contributed by atoms with Crippen LogP contribution >= 0.6 is 15.9 Å². The Morgan fingerprint density at radius 2 is 2.00 bits per heavy atom.